The first-order valence-electron chi connectivity index (χ1n) is 7.63. The number of hydrogen-bond donors (Lipinski definition) is 1. The first-order chi connectivity index (χ1) is 9.69. The summed E-state index contributed by atoms with van der Waals surface area (Å²) in [4.78, 5) is 0. The molecule has 1 aromatic carbocycles. The first-order valence-corrected chi connectivity index (χ1v) is 7.63. The van der Waals surface area contributed by atoms with Crippen LogP contribution in [0.2, 0.25) is 0 Å². The minimum Gasteiger partial charge on any atom is -0.491 e. The van der Waals surface area contributed by atoms with E-state index in [1.165, 1.54) is 6.42 Å². The third-order valence-corrected chi connectivity index (χ3v) is 4.44. The molecule has 0 unspecified atom stereocenters. The van der Waals surface area contributed by atoms with Gasteiger partial charge in [-0.15, -0.1) is 0 Å². The van der Waals surface area contributed by atoms with Gasteiger partial charge in [0, 0.05) is 12.7 Å². The van der Waals surface area contributed by atoms with Crippen LogP contribution in [0.1, 0.15) is 44.6 Å². The van der Waals surface area contributed by atoms with Gasteiger partial charge in [0.1, 0.15) is 12.4 Å². The number of ether oxygens (including phenoxy) is 2. The van der Waals surface area contributed by atoms with E-state index < -0.39 is 5.60 Å². The Kier molecular flexibility index (Phi) is 5.44. The second-order valence-electron chi connectivity index (χ2n) is 5.72. The van der Waals surface area contributed by atoms with Crippen LogP contribution in [0.5, 0.6) is 5.75 Å². The van der Waals surface area contributed by atoms with Crippen molar-refractivity contribution < 1.29 is 14.6 Å². The topological polar surface area (TPSA) is 38.7 Å². The van der Waals surface area contributed by atoms with Crippen molar-refractivity contribution in [2.45, 2.75) is 44.6 Å². The van der Waals surface area contributed by atoms with E-state index in [4.69, 9.17) is 9.47 Å². The molecular weight excluding hydrogens is 252 g/mol. The van der Waals surface area contributed by atoms with Crippen LogP contribution in [0.3, 0.4) is 0 Å². The zero-order chi connectivity index (χ0) is 14.4. The lowest BCUT2D eigenvalue weighted by molar-refractivity contribution is -0.0170. The molecule has 1 aromatic rings. The first kappa shape index (κ1) is 15.3. The predicted octanol–water partition coefficient (Wildman–Crippen LogP) is 3.50. The minimum atomic E-state index is -0.727. The minimum absolute atomic E-state index is 0.515. The van der Waals surface area contributed by atoms with Gasteiger partial charge in [-0.3, -0.25) is 0 Å². The Morgan fingerprint density at radius 2 is 1.90 bits per heavy atom. The molecule has 3 heteroatoms. The molecule has 20 heavy (non-hydrogen) atoms. The fourth-order valence-electron chi connectivity index (χ4n) is 3.04. The smallest absolute Gasteiger partial charge is 0.125 e. The highest BCUT2D eigenvalue weighted by Gasteiger charge is 2.36. The van der Waals surface area contributed by atoms with Gasteiger partial charge >= 0.3 is 0 Å². The zero-order valence-electron chi connectivity index (χ0n) is 12.6. The lowest BCUT2D eigenvalue weighted by atomic mass is 9.74. The summed E-state index contributed by atoms with van der Waals surface area (Å²) in [7, 11) is 1.66. The SMILES string of the molecule is CCC1CCC(O)(c2ccccc2OCCOC)CC1. The second-order valence-corrected chi connectivity index (χ2v) is 5.72. The average molecular weight is 278 g/mol. The summed E-state index contributed by atoms with van der Waals surface area (Å²) < 4.78 is 10.8. The molecular formula is C17H26O3. The van der Waals surface area contributed by atoms with E-state index in [9.17, 15) is 5.11 Å². The Morgan fingerprint density at radius 3 is 2.55 bits per heavy atom. The molecule has 0 bridgehead atoms. The van der Waals surface area contributed by atoms with E-state index in [1.807, 2.05) is 24.3 Å². The number of rotatable bonds is 6. The van der Waals surface area contributed by atoms with Crippen LogP contribution in [0.4, 0.5) is 0 Å². The van der Waals surface area contributed by atoms with Crippen LogP contribution in [-0.2, 0) is 10.3 Å². The largest absolute Gasteiger partial charge is 0.491 e. The van der Waals surface area contributed by atoms with Crippen LogP contribution < -0.4 is 4.74 Å². The third kappa shape index (κ3) is 3.53. The number of aliphatic hydroxyl groups is 1. The van der Waals surface area contributed by atoms with Crippen molar-refractivity contribution in [3.8, 4) is 5.75 Å². The van der Waals surface area contributed by atoms with Gasteiger partial charge in [-0.25, -0.2) is 0 Å². The molecule has 2 rings (SSSR count). The summed E-state index contributed by atoms with van der Waals surface area (Å²) in [6.07, 6.45) is 5.06. The molecule has 1 aliphatic carbocycles. The van der Waals surface area contributed by atoms with E-state index >= 15 is 0 Å². The monoisotopic (exact) mass is 278 g/mol. The molecule has 0 amide bonds. The predicted molar refractivity (Wildman–Crippen MR) is 80.0 cm³/mol. The van der Waals surface area contributed by atoms with E-state index in [0.717, 1.165) is 42.9 Å². The Bertz CT molecular complexity index is 408. The summed E-state index contributed by atoms with van der Waals surface area (Å²) in [6.45, 7) is 3.31. The highest BCUT2D eigenvalue weighted by molar-refractivity contribution is 5.38. The van der Waals surface area contributed by atoms with Crippen LogP contribution in [-0.4, -0.2) is 25.4 Å². The van der Waals surface area contributed by atoms with Crippen LogP contribution in [0, 0.1) is 5.92 Å². The molecule has 0 aliphatic heterocycles. The van der Waals surface area contributed by atoms with Crippen molar-refractivity contribution in [1.82, 2.24) is 0 Å². The average Bonchev–Trinajstić information content (AvgIpc) is 2.49. The Labute approximate surface area is 121 Å². The molecule has 0 spiro atoms. The van der Waals surface area contributed by atoms with Gasteiger partial charge in [-0.1, -0.05) is 31.5 Å². The van der Waals surface area contributed by atoms with Crippen molar-refractivity contribution in [2.24, 2.45) is 5.92 Å². The van der Waals surface area contributed by atoms with Crippen LogP contribution in [0.25, 0.3) is 0 Å². The molecule has 1 aliphatic rings. The van der Waals surface area contributed by atoms with Gasteiger partial charge < -0.3 is 14.6 Å². The normalized spacial score (nSPS) is 26.4. The molecule has 1 N–H and O–H groups in total. The van der Waals surface area contributed by atoms with E-state index in [2.05, 4.69) is 6.92 Å². The van der Waals surface area contributed by atoms with Gasteiger partial charge in [-0.05, 0) is 37.7 Å². The maximum Gasteiger partial charge on any atom is 0.125 e. The molecule has 1 saturated carbocycles. The molecule has 0 atom stereocenters. The van der Waals surface area contributed by atoms with Gasteiger partial charge in [0.25, 0.3) is 0 Å². The number of benzene rings is 1. The molecule has 3 nitrogen and oxygen atoms in total. The highest BCUT2D eigenvalue weighted by Crippen LogP contribution is 2.43. The molecule has 0 radical (unpaired) electrons. The summed E-state index contributed by atoms with van der Waals surface area (Å²) >= 11 is 0. The van der Waals surface area contributed by atoms with Crippen molar-refractivity contribution >= 4 is 0 Å². The lowest BCUT2D eigenvalue weighted by Gasteiger charge is -2.37. The highest BCUT2D eigenvalue weighted by atomic mass is 16.5. The van der Waals surface area contributed by atoms with E-state index in [1.54, 1.807) is 7.11 Å². The molecule has 0 heterocycles. The van der Waals surface area contributed by atoms with Gasteiger partial charge in [0.2, 0.25) is 0 Å². The number of para-hydroxylation sites is 1. The summed E-state index contributed by atoms with van der Waals surface area (Å²) in [5.41, 5.74) is 0.209. The van der Waals surface area contributed by atoms with Gasteiger partial charge in [0.15, 0.2) is 0 Å². The van der Waals surface area contributed by atoms with Crippen LogP contribution >= 0.6 is 0 Å². The Hall–Kier alpha value is -1.06. The second kappa shape index (κ2) is 7.09. The maximum atomic E-state index is 11.0. The fraction of sp³-hybridized carbons (Fsp3) is 0.647. The Balaban J connectivity index is 2.11. The molecule has 0 saturated heterocycles. The number of methoxy groups -OCH3 is 1. The van der Waals surface area contributed by atoms with Crippen molar-refractivity contribution in [1.29, 1.82) is 0 Å². The van der Waals surface area contributed by atoms with Crippen molar-refractivity contribution in [3.05, 3.63) is 29.8 Å². The van der Waals surface area contributed by atoms with Gasteiger partial charge in [-0.2, -0.15) is 0 Å². The number of hydrogen-bond acceptors (Lipinski definition) is 3. The molecule has 0 aromatic heterocycles. The quantitative estimate of drug-likeness (QED) is 0.809. The molecule has 112 valence electrons. The zero-order valence-corrected chi connectivity index (χ0v) is 12.6. The maximum absolute atomic E-state index is 11.0. The third-order valence-electron chi connectivity index (χ3n) is 4.44. The summed E-state index contributed by atoms with van der Waals surface area (Å²) in [5.74, 6) is 1.55. The van der Waals surface area contributed by atoms with Crippen molar-refractivity contribution in [3.63, 3.8) is 0 Å². The lowest BCUT2D eigenvalue weighted by Crippen LogP contribution is -2.32. The summed E-state index contributed by atoms with van der Waals surface area (Å²) in [6, 6.07) is 7.86. The summed E-state index contributed by atoms with van der Waals surface area (Å²) in [5, 5.41) is 11.0. The van der Waals surface area contributed by atoms with E-state index in [-0.39, 0.29) is 0 Å². The fourth-order valence-corrected chi connectivity index (χ4v) is 3.04. The van der Waals surface area contributed by atoms with Gasteiger partial charge in [0.05, 0.1) is 12.2 Å². The molecule has 1 fully saturated rings. The standard InChI is InChI=1S/C17H26O3/c1-3-14-8-10-17(18,11-9-14)15-6-4-5-7-16(15)20-13-12-19-2/h4-7,14,18H,3,8-13H2,1-2H3. The van der Waals surface area contributed by atoms with E-state index in [0.29, 0.717) is 13.2 Å². The van der Waals surface area contributed by atoms with Crippen molar-refractivity contribution in [2.75, 3.05) is 20.3 Å². The Morgan fingerprint density at radius 1 is 1.20 bits per heavy atom. The van der Waals surface area contributed by atoms with Crippen LogP contribution in [0.15, 0.2) is 24.3 Å².